The molecule has 1 aromatic heterocycles. The summed E-state index contributed by atoms with van der Waals surface area (Å²) in [5.74, 6) is 0.159. The normalized spacial score (nSPS) is 29.4. The molecule has 0 aliphatic carbocycles. The second-order valence-electron chi connectivity index (χ2n) is 2.89. The van der Waals surface area contributed by atoms with Crippen molar-refractivity contribution in [2.75, 3.05) is 13.7 Å². The monoisotopic (exact) mass is 168 g/mol. The van der Waals surface area contributed by atoms with Crippen LogP contribution in [0, 0.1) is 0 Å². The molecule has 0 spiro atoms. The van der Waals surface area contributed by atoms with Crippen molar-refractivity contribution in [2.45, 2.75) is 18.6 Å². The minimum Gasteiger partial charge on any atom is -0.464 e. The van der Waals surface area contributed by atoms with Crippen LogP contribution in [0.15, 0.2) is 22.8 Å². The first kappa shape index (κ1) is 7.83. The van der Waals surface area contributed by atoms with Crippen molar-refractivity contribution in [3.63, 3.8) is 0 Å². The first-order valence-electron chi connectivity index (χ1n) is 4.10. The minimum atomic E-state index is -0.608. The van der Waals surface area contributed by atoms with Crippen LogP contribution in [0.4, 0.5) is 0 Å². The van der Waals surface area contributed by atoms with Gasteiger partial charge in [0.2, 0.25) is 5.79 Å². The Morgan fingerprint density at radius 2 is 2.50 bits per heavy atom. The third kappa shape index (κ3) is 1.06. The Hall–Kier alpha value is -0.800. The molecule has 0 amide bonds. The topological polar surface area (TPSA) is 31.6 Å². The van der Waals surface area contributed by atoms with Gasteiger partial charge in [0.25, 0.3) is 0 Å². The summed E-state index contributed by atoms with van der Waals surface area (Å²) in [5, 5.41) is 0. The highest BCUT2D eigenvalue weighted by Gasteiger charge is 2.39. The van der Waals surface area contributed by atoms with E-state index in [-0.39, 0.29) is 0 Å². The SMILES string of the molecule is COC1(c2ccco2)CCCO1. The van der Waals surface area contributed by atoms with Crippen molar-refractivity contribution in [1.29, 1.82) is 0 Å². The van der Waals surface area contributed by atoms with Gasteiger partial charge in [0, 0.05) is 13.5 Å². The molecule has 3 nitrogen and oxygen atoms in total. The van der Waals surface area contributed by atoms with Gasteiger partial charge in [0.05, 0.1) is 12.9 Å². The number of methoxy groups -OCH3 is 1. The van der Waals surface area contributed by atoms with E-state index in [1.165, 1.54) is 0 Å². The van der Waals surface area contributed by atoms with Gasteiger partial charge in [-0.3, -0.25) is 0 Å². The summed E-state index contributed by atoms with van der Waals surface area (Å²) >= 11 is 0. The van der Waals surface area contributed by atoms with E-state index in [0.717, 1.165) is 25.2 Å². The highest BCUT2D eigenvalue weighted by Crippen LogP contribution is 2.36. The van der Waals surface area contributed by atoms with E-state index < -0.39 is 5.79 Å². The Labute approximate surface area is 71.3 Å². The summed E-state index contributed by atoms with van der Waals surface area (Å²) in [7, 11) is 1.65. The highest BCUT2D eigenvalue weighted by atomic mass is 16.7. The number of rotatable bonds is 2. The van der Waals surface area contributed by atoms with Crippen molar-refractivity contribution in [3.05, 3.63) is 24.2 Å². The summed E-state index contributed by atoms with van der Waals surface area (Å²) in [6, 6.07) is 3.73. The molecule has 66 valence electrons. The van der Waals surface area contributed by atoms with Gasteiger partial charge in [-0.1, -0.05) is 0 Å². The first-order valence-corrected chi connectivity index (χ1v) is 4.10. The number of hydrogen-bond acceptors (Lipinski definition) is 3. The molecule has 1 fully saturated rings. The molecule has 2 rings (SSSR count). The van der Waals surface area contributed by atoms with Crippen LogP contribution in [0.5, 0.6) is 0 Å². The van der Waals surface area contributed by atoms with E-state index in [1.807, 2.05) is 12.1 Å². The van der Waals surface area contributed by atoms with Gasteiger partial charge in [-0.05, 0) is 18.6 Å². The van der Waals surface area contributed by atoms with E-state index in [0.29, 0.717) is 0 Å². The standard InChI is InChI=1S/C9H12O3/c1-10-9(5-3-7-12-9)8-4-2-6-11-8/h2,4,6H,3,5,7H2,1H3. The molecule has 0 bridgehead atoms. The Bertz CT molecular complexity index is 234. The maximum absolute atomic E-state index is 5.52. The lowest BCUT2D eigenvalue weighted by Crippen LogP contribution is -2.26. The molecule has 3 heteroatoms. The largest absolute Gasteiger partial charge is 0.464 e. The van der Waals surface area contributed by atoms with E-state index in [2.05, 4.69) is 0 Å². The molecule has 1 atom stereocenters. The zero-order valence-corrected chi connectivity index (χ0v) is 7.08. The molecular weight excluding hydrogens is 156 g/mol. The minimum absolute atomic E-state index is 0.608. The molecule has 0 radical (unpaired) electrons. The Morgan fingerprint density at radius 3 is 3.00 bits per heavy atom. The zero-order chi connectivity index (χ0) is 8.44. The maximum Gasteiger partial charge on any atom is 0.228 e. The first-order chi connectivity index (χ1) is 5.87. The van der Waals surface area contributed by atoms with Gasteiger partial charge in [-0.15, -0.1) is 0 Å². The molecule has 1 unspecified atom stereocenters. The molecule has 1 saturated heterocycles. The van der Waals surface area contributed by atoms with E-state index in [4.69, 9.17) is 13.9 Å². The summed E-state index contributed by atoms with van der Waals surface area (Å²) < 4.78 is 16.1. The van der Waals surface area contributed by atoms with E-state index in [9.17, 15) is 0 Å². The third-order valence-electron chi connectivity index (χ3n) is 2.21. The van der Waals surface area contributed by atoms with Crippen molar-refractivity contribution < 1.29 is 13.9 Å². The lowest BCUT2D eigenvalue weighted by molar-refractivity contribution is -0.212. The second kappa shape index (κ2) is 2.92. The van der Waals surface area contributed by atoms with Gasteiger partial charge in [-0.25, -0.2) is 0 Å². The van der Waals surface area contributed by atoms with Gasteiger partial charge >= 0.3 is 0 Å². The molecule has 1 aliphatic rings. The number of furan rings is 1. The molecule has 0 N–H and O–H groups in total. The van der Waals surface area contributed by atoms with Crippen molar-refractivity contribution in [3.8, 4) is 0 Å². The molecule has 0 saturated carbocycles. The molecule has 12 heavy (non-hydrogen) atoms. The summed E-state index contributed by atoms with van der Waals surface area (Å²) in [5.41, 5.74) is 0. The maximum atomic E-state index is 5.52. The molecular formula is C9H12O3. The average molecular weight is 168 g/mol. The molecule has 2 heterocycles. The summed E-state index contributed by atoms with van der Waals surface area (Å²) in [6.45, 7) is 0.745. The average Bonchev–Trinajstić information content (AvgIpc) is 2.76. The Kier molecular flexibility index (Phi) is 1.90. The lowest BCUT2D eigenvalue weighted by Gasteiger charge is -2.23. The highest BCUT2D eigenvalue weighted by molar-refractivity contribution is 5.07. The Morgan fingerprint density at radius 1 is 1.58 bits per heavy atom. The number of hydrogen-bond donors (Lipinski definition) is 0. The van der Waals surface area contributed by atoms with Crippen molar-refractivity contribution in [2.24, 2.45) is 0 Å². The van der Waals surface area contributed by atoms with Crippen LogP contribution >= 0.6 is 0 Å². The predicted molar refractivity (Wildman–Crippen MR) is 42.6 cm³/mol. The molecule has 1 aliphatic heterocycles. The fourth-order valence-electron chi connectivity index (χ4n) is 1.57. The van der Waals surface area contributed by atoms with E-state index >= 15 is 0 Å². The zero-order valence-electron chi connectivity index (χ0n) is 7.08. The molecule has 1 aromatic rings. The fraction of sp³-hybridized carbons (Fsp3) is 0.556. The quantitative estimate of drug-likeness (QED) is 0.675. The van der Waals surface area contributed by atoms with Gasteiger partial charge in [-0.2, -0.15) is 0 Å². The second-order valence-corrected chi connectivity index (χ2v) is 2.89. The van der Waals surface area contributed by atoms with Gasteiger partial charge < -0.3 is 13.9 Å². The fourth-order valence-corrected chi connectivity index (χ4v) is 1.57. The smallest absolute Gasteiger partial charge is 0.228 e. The predicted octanol–water partition coefficient (Wildman–Crippen LogP) is 1.89. The van der Waals surface area contributed by atoms with Crippen LogP contribution in [-0.2, 0) is 15.3 Å². The summed E-state index contributed by atoms with van der Waals surface area (Å²) in [6.07, 6.45) is 3.53. The van der Waals surface area contributed by atoms with Crippen molar-refractivity contribution in [1.82, 2.24) is 0 Å². The third-order valence-corrected chi connectivity index (χ3v) is 2.21. The van der Waals surface area contributed by atoms with Gasteiger partial charge in [0.1, 0.15) is 0 Å². The Balaban J connectivity index is 2.28. The summed E-state index contributed by atoms with van der Waals surface area (Å²) in [4.78, 5) is 0. The van der Waals surface area contributed by atoms with E-state index in [1.54, 1.807) is 13.4 Å². The van der Waals surface area contributed by atoms with Crippen LogP contribution in [0.1, 0.15) is 18.6 Å². The van der Waals surface area contributed by atoms with Crippen LogP contribution in [0.3, 0.4) is 0 Å². The lowest BCUT2D eigenvalue weighted by atomic mass is 10.1. The van der Waals surface area contributed by atoms with Crippen molar-refractivity contribution >= 4 is 0 Å². The van der Waals surface area contributed by atoms with Crippen LogP contribution in [0.2, 0.25) is 0 Å². The van der Waals surface area contributed by atoms with Crippen LogP contribution in [-0.4, -0.2) is 13.7 Å². The van der Waals surface area contributed by atoms with Crippen LogP contribution < -0.4 is 0 Å². The number of ether oxygens (including phenoxy) is 2. The van der Waals surface area contributed by atoms with Gasteiger partial charge in [0.15, 0.2) is 5.76 Å². The van der Waals surface area contributed by atoms with Crippen LogP contribution in [0.25, 0.3) is 0 Å². The molecule has 0 aromatic carbocycles.